The fraction of sp³-hybridized carbons (Fsp3) is 0.478. The van der Waals surface area contributed by atoms with Crippen molar-refractivity contribution in [3.05, 3.63) is 30.1 Å². The van der Waals surface area contributed by atoms with Crippen LogP contribution in [0.2, 0.25) is 0 Å². The molecule has 2 aromatic rings. The third kappa shape index (κ3) is 10.7. The minimum atomic E-state index is -1.47. The molecule has 0 spiro atoms. The van der Waals surface area contributed by atoms with Crippen LogP contribution in [0.3, 0.4) is 0 Å². The Morgan fingerprint density at radius 3 is 2.40 bits per heavy atom. The zero-order valence-electron chi connectivity index (χ0n) is 22.9. The average molecular weight is 604 g/mol. The van der Waals surface area contributed by atoms with E-state index in [-0.39, 0.29) is 50.6 Å². The maximum absolute atomic E-state index is 13.4. The Kier molecular flexibility index (Phi) is 11.5. The lowest BCUT2D eigenvalue weighted by Crippen LogP contribution is -2.56. The first-order chi connectivity index (χ1) is 20.5. The quantitative estimate of drug-likeness (QED) is 0.0778. The topological polar surface area (TPSA) is 307 Å². The van der Waals surface area contributed by atoms with Gasteiger partial charge in [0.1, 0.15) is 30.4 Å². The summed E-state index contributed by atoms with van der Waals surface area (Å²) in [6.07, 6.45) is 3.82. The lowest BCUT2D eigenvalue weighted by atomic mass is 10.1. The van der Waals surface area contributed by atoms with Crippen molar-refractivity contribution in [2.24, 2.45) is 16.5 Å². The molecule has 0 unspecified atom stereocenters. The van der Waals surface area contributed by atoms with E-state index in [1.54, 1.807) is 0 Å². The number of rotatable bonds is 8. The number of guanidine groups is 1. The summed E-state index contributed by atoms with van der Waals surface area (Å²) in [4.78, 5) is 86.4. The molecule has 1 aliphatic rings. The van der Waals surface area contributed by atoms with E-state index in [2.05, 4.69) is 51.9 Å². The molecule has 0 aliphatic carbocycles. The number of amides is 5. The summed E-state index contributed by atoms with van der Waals surface area (Å²) in [7, 11) is 0. The van der Waals surface area contributed by atoms with Gasteiger partial charge in [0.2, 0.25) is 29.5 Å². The number of nitrogens with zero attached hydrogens (tertiary/aromatic N) is 5. The number of carboxylic acids is 1. The van der Waals surface area contributed by atoms with Crippen LogP contribution in [0, 0.1) is 0 Å². The van der Waals surface area contributed by atoms with Crippen molar-refractivity contribution in [3.8, 4) is 0 Å². The SMILES string of the molecule is NC(N)=NCCC[C@H]1NC(=O)[C@H](Cc2cnc[nH]2)NC(=O)Cn2cc(nn2)CNC(=O)[C@@H](CC(=O)O)NC(=O)CNC1=O. The van der Waals surface area contributed by atoms with Crippen LogP contribution in [-0.4, -0.2) is 103 Å². The van der Waals surface area contributed by atoms with Crippen molar-refractivity contribution < 1.29 is 33.9 Å². The van der Waals surface area contributed by atoms with E-state index >= 15 is 0 Å². The number of carbonyl (C=O) groups excluding carboxylic acids is 5. The van der Waals surface area contributed by atoms with Crippen LogP contribution in [0.1, 0.15) is 30.7 Å². The molecule has 232 valence electrons. The molecule has 20 heteroatoms. The Morgan fingerprint density at radius 2 is 1.70 bits per heavy atom. The highest BCUT2D eigenvalue weighted by Crippen LogP contribution is 2.05. The van der Waals surface area contributed by atoms with E-state index < -0.39 is 66.6 Å². The van der Waals surface area contributed by atoms with Gasteiger partial charge in [-0.25, -0.2) is 9.67 Å². The van der Waals surface area contributed by atoms with Gasteiger partial charge in [-0.3, -0.25) is 33.8 Å². The number of nitrogens with one attached hydrogen (secondary N) is 6. The standard InChI is InChI=1S/C23H33N13O7/c24-23(25)27-3-1-2-14-20(41)29-8-17(37)31-16(5-19(39)40)21(42)28-7-13-9-36(35-34-13)10-18(38)32-15(22(43)33-14)4-12-6-26-11-30-12/h6,9,11,14-16H,1-5,7-8,10H2,(H,26,30)(H,28,42)(H,29,41)(H,31,37)(H,32,38)(H,33,43)(H,39,40)(H4,24,25,27)/t14-,15+,16-/m1/s1. The van der Waals surface area contributed by atoms with Crippen molar-refractivity contribution in [1.82, 2.24) is 51.5 Å². The van der Waals surface area contributed by atoms with Crippen molar-refractivity contribution >= 4 is 41.5 Å². The third-order valence-corrected chi connectivity index (χ3v) is 6.00. The molecule has 2 aromatic heterocycles. The summed E-state index contributed by atoms with van der Waals surface area (Å²) in [5.74, 6) is -5.26. The molecule has 1 aliphatic heterocycles. The number of aromatic amines is 1. The molecule has 5 amide bonds. The van der Waals surface area contributed by atoms with Gasteiger partial charge in [0, 0.05) is 24.9 Å². The molecular weight excluding hydrogens is 570 g/mol. The second kappa shape index (κ2) is 15.4. The molecule has 2 bridgehead atoms. The van der Waals surface area contributed by atoms with Crippen LogP contribution in [0.5, 0.6) is 0 Å². The second-order valence-electron chi connectivity index (χ2n) is 9.47. The Bertz CT molecular complexity index is 1340. The number of carboxylic acid groups (broad SMARTS) is 1. The van der Waals surface area contributed by atoms with Crippen molar-refractivity contribution in [3.63, 3.8) is 0 Å². The number of nitrogens with two attached hydrogens (primary N) is 2. The normalized spacial score (nSPS) is 20.7. The van der Waals surface area contributed by atoms with Gasteiger partial charge in [-0.2, -0.15) is 0 Å². The first-order valence-corrected chi connectivity index (χ1v) is 13.1. The van der Waals surface area contributed by atoms with Crippen LogP contribution in [-0.2, 0) is 48.3 Å². The molecule has 0 radical (unpaired) electrons. The summed E-state index contributed by atoms with van der Waals surface area (Å²) in [5, 5.41) is 29.2. The van der Waals surface area contributed by atoms with E-state index in [4.69, 9.17) is 11.5 Å². The first kappa shape index (κ1) is 32.0. The molecule has 11 N–H and O–H groups in total. The lowest BCUT2D eigenvalue weighted by molar-refractivity contribution is -0.140. The Labute approximate surface area is 243 Å². The predicted octanol–water partition coefficient (Wildman–Crippen LogP) is -5.03. The summed E-state index contributed by atoms with van der Waals surface area (Å²) in [6.45, 7) is -1.02. The first-order valence-electron chi connectivity index (χ1n) is 13.1. The number of imidazole rings is 1. The van der Waals surface area contributed by atoms with Crippen molar-refractivity contribution in [2.45, 2.75) is 56.9 Å². The summed E-state index contributed by atoms with van der Waals surface area (Å²) < 4.78 is 1.17. The molecule has 0 fully saturated rings. The molecule has 0 saturated heterocycles. The highest BCUT2D eigenvalue weighted by molar-refractivity contribution is 5.95. The summed E-state index contributed by atoms with van der Waals surface area (Å²) in [5.41, 5.74) is 11.5. The fourth-order valence-electron chi connectivity index (χ4n) is 3.97. The highest BCUT2D eigenvalue weighted by atomic mass is 16.4. The van der Waals surface area contributed by atoms with Crippen LogP contribution in [0.15, 0.2) is 23.7 Å². The van der Waals surface area contributed by atoms with Gasteiger partial charge in [-0.15, -0.1) is 5.10 Å². The van der Waals surface area contributed by atoms with Gasteiger partial charge in [-0.1, -0.05) is 5.21 Å². The number of carbonyl (C=O) groups is 6. The van der Waals surface area contributed by atoms with Gasteiger partial charge in [0.05, 0.1) is 32.0 Å². The highest BCUT2D eigenvalue weighted by Gasteiger charge is 2.29. The largest absolute Gasteiger partial charge is 0.481 e. The number of H-pyrrole nitrogens is 1. The molecule has 3 rings (SSSR count). The predicted molar refractivity (Wildman–Crippen MR) is 145 cm³/mol. The van der Waals surface area contributed by atoms with E-state index in [0.29, 0.717) is 5.69 Å². The van der Waals surface area contributed by atoms with E-state index in [0.717, 1.165) is 0 Å². The number of fused-ring (bicyclic) bond motifs is 2. The minimum absolute atomic E-state index is 0.00191. The van der Waals surface area contributed by atoms with Gasteiger partial charge < -0.3 is 48.1 Å². The average Bonchev–Trinajstić information content (AvgIpc) is 3.62. The third-order valence-electron chi connectivity index (χ3n) is 6.00. The zero-order valence-corrected chi connectivity index (χ0v) is 22.9. The Hall–Kier alpha value is -5.56. The monoisotopic (exact) mass is 603 g/mol. The molecule has 43 heavy (non-hydrogen) atoms. The van der Waals surface area contributed by atoms with Crippen LogP contribution in [0.25, 0.3) is 0 Å². The number of aliphatic imine (C=N–C) groups is 1. The van der Waals surface area contributed by atoms with E-state index in [1.165, 1.54) is 23.4 Å². The lowest BCUT2D eigenvalue weighted by Gasteiger charge is -2.23. The van der Waals surface area contributed by atoms with Crippen molar-refractivity contribution in [1.29, 1.82) is 0 Å². The maximum atomic E-state index is 13.4. The smallest absolute Gasteiger partial charge is 0.305 e. The van der Waals surface area contributed by atoms with E-state index in [9.17, 15) is 33.9 Å². The fourth-order valence-corrected chi connectivity index (χ4v) is 3.97. The molecule has 0 saturated carbocycles. The van der Waals surface area contributed by atoms with Gasteiger partial charge in [0.25, 0.3) is 0 Å². The molecule has 3 heterocycles. The molecule has 20 nitrogen and oxygen atoms in total. The molecule has 3 atom stereocenters. The summed E-state index contributed by atoms with van der Waals surface area (Å²) >= 11 is 0. The van der Waals surface area contributed by atoms with Crippen LogP contribution >= 0.6 is 0 Å². The Morgan fingerprint density at radius 1 is 0.977 bits per heavy atom. The molecule has 0 aromatic carbocycles. The number of hydrogen-bond donors (Lipinski definition) is 9. The van der Waals surface area contributed by atoms with Gasteiger partial charge in [-0.05, 0) is 12.8 Å². The minimum Gasteiger partial charge on any atom is -0.481 e. The van der Waals surface area contributed by atoms with Crippen LogP contribution in [0.4, 0.5) is 0 Å². The number of hydrogen-bond acceptors (Lipinski definition) is 10. The molecular formula is C23H33N13O7. The van der Waals surface area contributed by atoms with E-state index in [1.807, 2.05) is 0 Å². The zero-order chi connectivity index (χ0) is 31.4. The number of aromatic nitrogens is 5. The Balaban J connectivity index is 1.86. The summed E-state index contributed by atoms with van der Waals surface area (Å²) in [6, 6.07) is -3.80. The van der Waals surface area contributed by atoms with Gasteiger partial charge >= 0.3 is 5.97 Å². The number of aliphatic carboxylic acids is 1. The van der Waals surface area contributed by atoms with Gasteiger partial charge in [0.15, 0.2) is 5.96 Å². The second-order valence-corrected chi connectivity index (χ2v) is 9.47. The van der Waals surface area contributed by atoms with Crippen LogP contribution < -0.4 is 38.1 Å². The maximum Gasteiger partial charge on any atom is 0.305 e. The van der Waals surface area contributed by atoms with Crippen molar-refractivity contribution in [2.75, 3.05) is 13.1 Å².